The van der Waals surface area contributed by atoms with Crippen LogP contribution in [0.1, 0.15) is 28.3 Å². The van der Waals surface area contributed by atoms with E-state index in [0.717, 1.165) is 42.7 Å². The summed E-state index contributed by atoms with van der Waals surface area (Å²) in [6.07, 6.45) is 2.01. The van der Waals surface area contributed by atoms with Gasteiger partial charge in [-0.15, -0.1) is 0 Å². The molecule has 1 heterocycles. The van der Waals surface area contributed by atoms with Crippen LogP contribution in [0.3, 0.4) is 0 Å². The molecule has 0 bridgehead atoms. The molecule has 1 saturated heterocycles. The molecular formula is C12H15NO2. The molecule has 0 aliphatic carbocycles. The van der Waals surface area contributed by atoms with E-state index in [-0.39, 0.29) is 0 Å². The molecule has 2 rings (SSSR count). The second-order valence-corrected chi connectivity index (χ2v) is 3.80. The van der Waals surface area contributed by atoms with Crippen molar-refractivity contribution in [1.29, 1.82) is 0 Å². The Hall–Kier alpha value is -1.35. The summed E-state index contributed by atoms with van der Waals surface area (Å²) in [4.78, 5) is 10.9. The van der Waals surface area contributed by atoms with Crippen molar-refractivity contribution in [2.24, 2.45) is 0 Å². The lowest BCUT2D eigenvalue weighted by Gasteiger charge is -2.12. The third-order valence-corrected chi connectivity index (χ3v) is 2.92. The molecule has 0 amide bonds. The highest BCUT2D eigenvalue weighted by Gasteiger charge is 2.19. The number of methoxy groups -OCH3 is 1. The van der Waals surface area contributed by atoms with Gasteiger partial charge in [0.1, 0.15) is 12.0 Å². The zero-order valence-corrected chi connectivity index (χ0v) is 8.82. The van der Waals surface area contributed by atoms with Crippen molar-refractivity contribution in [3.05, 3.63) is 29.3 Å². The molecule has 0 saturated carbocycles. The lowest BCUT2D eigenvalue weighted by Crippen LogP contribution is -2.09. The van der Waals surface area contributed by atoms with Crippen molar-refractivity contribution in [3.8, 4) is 5.75 Å². The summed E-state index contributed by atoms with van der Waals surface area (Å²) in [5, 5.41) is 3.30. The molecule has 1 aromatic rings. The van der Waals surface area contributed by atoms with Crippen LogP contribution >= 0.6 is 0 Å². The quantitative estimate of drug-likeness (QED) is 0.761. The van der Waals surface area contributed by atoms with Crippen LogP contribution in [0.5, 0.6) is 5.75 Å². The van der Waals surface area contributed by atoms with E-state index in [1.165, 1.54) is 0 Å². The van der Waals surface area contributed by atoms with Gasteiger partial charge in [0.05, 0.1) is 7.11 Å². The highest BCUT2D eigenvalue weighted by atomic mass is 16.5. The predicted octanol–water partition coefficient (Wildman–Crippen LogP) is 1.58. The van der Waals surface area contributed by atoms with E-state index in [2.05, 4.69) is 5.32 Å². The van der Waals surface area contributed by atoms with Crippen LogP contribution in [0.15, 0.2) is 18.2 Å². The van der Waals surface area contributed by atoms with Crippen molar-refractivity contribution < 1.29 is 9.53 Å². The third kappa shape index (κ3) is 2.02. The first kappa shape index (κ1) is 10.2. The largest absolute Gasteiger partial charge is 0.497 e. The molecule has 0 aromatic heterocycles. The van der Waals surface area contributed by atoms with Crippen LogP contribution in [0, 0.1) is 0 Å². The number of carbonyl (C=O) groups is 1. The fourth-order valence-corrected chi connectivity index (χ4v) is 2.06. The van der Waals surface area contributed by atoms with E-state index < -0.39 is 0 Å². The molecule has 1 aliphatic heterocycles. The Bertz CT molecular complexity index is 357. The Labute approximate surface area is 89.4 Å². The van der Waals surface area contributed by atoms with Gasteiger partial charge in [-0.2, -0.15) is 0 Å². The number of aldehydes is 1. The van der Waals surface area contributed by atoms with Gasteiger partial charge in [0, 0.05) is 12.1 Å². The minimum Gasteiger partial charge on any atom is -0.497 e. The third-order valence-electron chi connectivity index (χ3n) is 2.92. The summed E-state index contributed by atoms with van der Waals surface area (Å²) < 4.78 is 5.18. The Balaban J connectivity index is 2.36. The summed E-state index contributed by atoms with van der Waals surface area (Å²) in [5.74, 6) is 1.27. The Morgan fingerprint density at radius 3 is 3.00 bits per heavy atom. The standard InChI is InChI=1S/C12H15NO2/c1-15-11-3-2-10(8-14)12(6-11)9-4-5-13-7-9/h2-3,6,8-9,13H,4-5,7H2,1H3. The minimum absolute atomic E-state index is 0.445. The van der Waals surface area contributed by atoms with E-state index in [0.29, 0.717) is 5.92 Å². The fraction of sp³-hybridized carbons (Fsp3) is 0.417. The van der Waals surface area contributed by atoms with Crippen LogP contribution in [-0.2, 0) is 0 Å². The molecule has 80 valence electrons. The van der Waals surface area contributed by atoms with Crippen LogP contribution in [-0.4, -0.2) is 26.5 Å². The van der Waals surface area contributed by atoms with E-state index in [9.17, 15) is 4.79 Å². The SMILES string of the molecule is COc1ccc(C=O)c(C2CCNC2)c1. The number of benzene rings is 1. The first-order valence-corrected chi connectivity index (χ1v) is 5.19. The zero-order chi connectivity index (χ0) is 10.7. The van der Waals surface area contributed by atoms with Crippen LogP contribution in [0.4, 0.5) is 0 Å². The monoisotopic (exact) mass is 205 g/mol. The average Bonchev–Trinajstić information content (AvgIpc) is 2.81. The van der Waals surface area contributed by atoms with E-state index >= 15 is 0 Å². The topological polar surface area (TPSA) is 38.3 Å². The van der Waals surface area contributed by atoms with Gasteiger partial charge < -0.3 is 10.1 Å². The second-order valence-electron chi connectivity index (χ2n) is 3.80. The fourth-order valence-electron chi connectivity index (χ4n) is 2.06. The zero-order valence-electron chi connectivity index (χ0n) is 8.82. The molecule has 0 radical (unpaired) electrons. The Morgan fingerprint density at radius 2 is 2.40 bits per heavy atom. The number of hydrogen-bond acceptors (Lipinski definition) is 3. The van der Waals surface area contributed by atoms with Gasteiger partial charge >= 0.3 is 0 Å². The molecule has 15 heavy (non-hydrogen) atoms. The van der Waals surface area contributed by atoms with Gasteiger partial charge in [0.2, 0.25) is 0 Å². The number of ether oxygens (including phenoxy) is 1. The average molecular weight is 205 g/mol. The molecule has 3 nitrogen and oxygen atoms in total. The molecule has 1 atom stereocenters. The van der Waals surface area contributed by atoms with Gasteiger partial charge in [-0.05, 0) is 42.6 Å². The van der Waals surface area contributed by atoms with Crippen LogP contribution < -0.4 is 10.1 Å². The van der Waals surface area contributed by atoms with Gasteiger partial charge in [0.15, 0.2) is 0 Å². The lowest BCUT2D eigenvalue weighted by molar-refractivity contribution is 0.112. The summed E-state index contributed by atoms with van der Waals surface area (Å²) in [6, 6.07) is 5.64. The van der Waals surface area contributed by atoms with E-state index in [4.69, 9.17) is 4.74 Å². The number of nitrogens with one attached hydrogen (secondary N) is 1. The van der Waals surface area contributed by atoms with Gasteiger partial charge in [-0.25, -0.2) is 0 Å². The maximum absolute atomic E-state index is 10.9. The molecule has 1 fully saturated rings. The van der Waals surface area contributed by atoms with Gasteiger partial charge in [-0.1, -0.05) is 0 Å². The van der Waals surface area contributed by atoms with Crippen molar-refractivity contribution in [1.82, 2.24) is 5.32 Å². The van der Waals surface area contributed by atoms with Crippen molar-refractivity contribution >= 4 is 6.29 Å². The predicted molar refractivity (Wildman–Crippen MR) is 58.6 cm³/mol. The molecule has 1 unspecified atom stereocenters. The molecule has 0 spiro atoms. The van der Waals surface area contributed by atoms with Gasteiger partial charge in [0.25, 0.3) is 0 Å². The summed E-state index contributed by atoms with van der Waals surface area (Å²) in [6.45, 7) is 1.98. The number of carbonyl (C=O) groups excluding carboxylic acids is 1. The minimum atomic E-state index is 0.445. The highest BCUT2D eigenvalue weighted by Crippen LogP contribution is 2.28. The highest BCUT2D eigenvalue weighted by molar-refractivity contribution is 5.78. The normalized spacial score (nSPS) is 20.2. The second kappa shape index (κ2) is 4.45. The smallest absolute Gasteiger partial charge is 0.150 e. The summed E-state index contributed by atoms with van der Waals surface area (Å²) in [5.41, 5.74) is 1.89. The Kier molecular flexibility index (Phi) is 3.02. The lowest BCUT2D eigenvalue weighted by atomic mass is 9.94. The van der Waals surface area contributed by atoms with Crippen molar-refractivity contribution in [2.75, 3.05) is 20.2 Å². The maximum atomic E-state index is 10.9. The van der Waals surface area contributed by atoms with Crippen LogP contribution in [0.2, 0.25) is 0 Å². The number of rotatable bonds is 3. The molecular weight excluding hydrogens is 190 g/mol. The maximum Gasteiger partial charge on any atom is 0.150 e. The van der Waals surface area contributed by atoms with E-state index in [1.807, 2.05) is 18.2 Å². The summed E-state index contributed by atoms with van der Waals surface area (Å²) in [7, 11) is 1.65. The first-order valence-electron chi connectivity index (χ1n) is 5.19. The van der Waals surface area contributed by atoms with Crippen LogP contribution in [0.25, 0.3) is 0 Å². The summed E-state index contributed by atoms with van der Waals surface area (Å²) >= 11 is 0. The van der Waals surface area contributed by atoms with Crippen molar-refractivity contribution in [2.45, 2.75) is 12.3 Å². The van der Waals surface area contributed by atoms with E-state index in [1.54, 1.807) is 7.11 Å². The molecule has 1 aromatic carbocycles. The molecule has 3 heteroatoms. The molecule has 1 aliphatic rings. The number of hydrogen-bond donors (Lipinski definition) is 1. The first-order chi connectivity index (χ1) is 7.35. The van der Waals surface area contributed by atoms with Gasteiger partial charge in [-0.3, -0.25) is 4.79 Å². The molecule has 1 N–H and O–H groups in total. The Morgan fingerprint density at radius 1 is 1.53 bits per heavy atom. The van der Waals surface area contributed by atoms with Crippen molar-refractivity contribution in [3.63, 3.8) is 0 Å².